The normalized spacial score (nSPS) is 10.4. The number of carbonyl (C=O) groups excluding carboxylic acids is 1. The lowest BCUT2D eigenvalue weighted by Gasteiger charge is -2.12. The van der Waals surface area contributed by atoms with Crippen molar-refractivity contribution in [3.8, 4) is 5.75 Å². The van der Waals surface area contributed by atoms with Crippen LogP contribution in [0.2, 0.25) is 0 Å². The topological polar surface area (TPSA) is 38.3 Å². The van der Waals surface area contributed by atoms with Gasteiger partial charge in [0.2, 0.25) is 0 Å². The van der Waals surface area contributed by atoms with Crippen LogP contribution >= 0.6 is 31.9 Å². The molecular weight excluding hydrogens is 410 g/mol. The third kappa shape index (κ3) is 4.34. The maximum atomic E-state index is 12.0. The molecule has 2 aromatic carbocycles. The van der Waals surface area contributed by atoms with E-state index in [0.717, 1.165) is 31.3 Å². The molecule has 0 saturated heterocycles. The highest BCUT2D eigenvalue weighted by atomic mass is 79.9. The van der Waals surface area contributed by atoms with Crippen molar-refractivity contribution in [2.75, 3.05) is 11.9 Å². The van der Waals surface area contributed by atoms with Gasteiger partial charge in [0.15, 0.2) is 6.61 Å². The van der Waals surface area contributed by atoms with Crippen LogP contribution in [0.3, 0.4) is 0 Å². The molecular formula is C17H17Br2NO2. The summed E-state index contributed by atoms with van der Waals surface area (Å²) in [7, 11) is 0. The van der Waals surface area contributed by atoms with Crippen molar-refractivity contribution in [3.63, 3.8) is 0 Å². The molecule has 1 amide bonds. The SMILES string of the molecule is Cc1cc(C)c(OCC(=O)Nc2ccc(Br)c(C)c2)c(Br)c1. The molecule has 0 unspecified atom stereocenters. The molecule has 3 nitrogen and oxygen atoms in total. The number of benzene rings is 2. The van der Waals surface area contributed by atoms with Gasteiger partial charge in [-0.05, 0) is 77.7 Å². The van der Waals surface area contributed by atoms with Gasteiger partial charge in [-0.15, -0.1) is 0 Å². The van der Waals surface area contributed by atoms with Gasteiger partial charge in [0, 0.05) is 10.2 Å². The zero-order valence-electron chi connectivity index (χ0n) is 12.7. The van der Waals surface area contributed by atoms with Crippen molar-refractivity contribution in [2.45, 2.75) is 20.8 Å². The second-order valence-electron chi connectivity index (χ2n) is 5.19. The Bertz CT molecular complexity index is 691. The van der Waals surface area contributed by atoms with Crippen molar-refractivity contribution in [3.05, 3.63) is 56.0 Å². The summed E-state index contributed by atoms with van der Waals surface area (Å²) in [5.41, 5.74) is 3.97. The Morgan fingerprint density at radius 1 is 1.05 bits per heavy atom. The highest BCUT2D eigenvalue weighted by Gasteiger charge is 2.10. The summed E-state index contributed by atoms with van der Waals surface area (Å²) < 4.78 is 7.52. The first-order chi connectivity index (χ1) is 10.4. The summed E-state index contributed by atoms with van der Waals surface area (Å²) in [6, 6.07) is 9.66. The van der Waals surface area contributed by atoms with Gasteiger partial charge in [-0.1, -0.05) is 22.0 Å². The molecule has 0 heterocycles. The predicted molar refractivity (Wildman–Crippen MR) is 96.6 cm³/mol. The number of nitrogens with one attached hydrogen (secondary N) is 1. The van der Waals surface area contributed by atoms with Gasteiger partial charge in [0.1, 0.15) is 5.75 Å². The first kappa shape index (κ1) is 17.0. The van der Waals surface area contributed by atoms with E-state index in [2.05, 4.69) is 37.2 Å². The Morgan fingerprint density at radius 3 is 2.41 bits per heavy atom. The number of hydrogen-bond donors (Lipinski definition) is 1. The van der Waals surface area contributed by atoms with Crippen LogP contribution in [0.25, 0.3) is 0 Å². The van der Waals surface area contributed by atoms with Gasteiger partial charge in [0.05, 0.1) is 4.47 Å². The smallest absolute Gasteiger partial charge is 0.262 e. The minimum Gasteiger partial charge on any atom is -0.482 e. The molecule has 0 saturated carbocycles. The zero-order chi connectivity index (χ0) is 16.3. The molecule has 0 aliphatic rings. The highest BCUT2D eigenvalue weighted by Crippen LogP contribution is 2.30. The largest absolute Gasteiger partial charge is 0.482 e. The molecule has 1 N–H and O–H groups in total. The van der Waals surface area contributed by atoms with Crippen LogP contribution in [-0.4, -0.2) is 12.5 Å². The monoisotopic (exact) mass is 425 g/mol. The number of rotatable bonds is 4. The number of carbonyl (C=O) groups is 1. The molecule has 0 aliphatic heterocycles. The Balaban J connectivity index is 2.00. The second kappa shape index (κ2) is 7.29. The maximum Gasteiger partial charge on any atom is 0.262 e. The van der Waals surface area contributed by atoms with Crippen molar-refractivity contribution in [2.24, 2.45) is 0 Å². The Kier molecular flexibility index (Phi) is 5.64. The lowest BCUT2D eigenvalue weighted by atomic mass is 10.1. The molecule has 0 fully saturated rings. The van der Waals surface area contributed by atoms with E-state index in [1.54, 1.807) is 0 Å². The van der Waals surface area contributed by atoms with Crippen LogP contribution < -0.4 is 10.1 Å². The van der Waals surface area contributed by atoms with E-state index in [4.69, 9.17) is 4.74 Å². The predicted octanol–water partition coefficient (Wildman–Crippen LogP) is 5.15. The average molecular weight is 427 g/mol. The first-order valence-electron chi connectivity index (χ1n) is 6.82. The summed E-state index contributed by atoms with van der Waals surface area (Å²) in [5, 5.41) is 2.83. The number of anilines is 1. The lowest BCUT2D eigenvalue weighted by Crippen LogP contribution is -2.20. The molecule has 0 atom stereocenters. The first-order valence-corrected chi connectivity index (χ1v) is 8.41. The van der Waals surface area contributed by atoms with Gasteiger partial charge < -0.3 is 10.1 Å². The number of aryl methyl sites for hydroxylation is 3. The molecule has 0 bridgehead atoms. The van der Waals surface area contributed by atoms with Crippen molar-refractivity contribution >= 4 is 43.5 Å². The van der Waals surface area contributed by atoms with E-state index in [9.17, 15) is 4.79 Å². The van der Waals surface area contributed by atoms with Crippen LogP contribution in [0.15, 0.2) is 39.3 Å². The van der Waals surface area contributed by atoms with Gasteiger partial charge in [-0.2, -0.15) is 0 Å². The van der Waals surface area contributed by atoms with Crippen LogP contribution in [0, 0.1) is 20.8 Å². The molecule has 0 radical (unpaired) electrons. The van der Waals surface area contributed by atoms with Crippen molar-refractivity contribution < 1.29 is 9.53 Å². The summed E-state index contributed by atoms with van der Waals surface area (Å²) >= 11 is 6.91. The van der Waals surface area contributed by atoms with E-state index in [1.165, 1.54) is 0 Å². The number of amides is 1. The zero-order valence-corrected chi connectivity index (χ0v) is 15.8. The highest BCUT2D eigenvalue weighted by molar-refractivity contribution is 9.10. The van der Waals surface area contributed by atoms with Crippen molar-refractivity contribution in [1.29, 1.82) is 0 Å². The Hall–Kier alpha value is -1.33. The van der Waals surface area contributed by atoms with Crippen molar-refractivity contribution in [1.82, 2.24) is 0 Å². The van der Waals surface area contributed by atoms with E-state index in [-0.39, 0.29) is 12.5 Å². The molecule has 0 spiro atoms. The molecule has 22 heavy (non-hydrogen) atoms. The Morgan fingerprint density at radius 2 is 1.77 bits per heavy atom. The van der Waals surface area contributed by atoms with Crippen LogP contribution in [0.1, 0.15) is 16.7 Å². The third-order valence-electron chi connectivity index (χ3n) is 3.16. The van der Waals surface area contributed by atoms with Crippen LogP contribution in [-0.2, 0) is 4.79 Å². The molecule has 2 aromatic rings. The fourth-order valence-electron chi connectivity index (χ4n) is 2.14. The summed E-state index contributed by atoms with van der Waals surface area (Å²) in [6.07, 6.45) is 0. The second-order valence-corrected chi connectivity index (χ2v) is 6.90. The molecule has 0 aromatic heterocycles. The van der Waals surface area contributed by atoms with Gasteiger partial charge >= 0.3 is 0 Å². The standard InChI is InChI=1S/C17H17Br2NO2/c1-10-6-12(3)17(15(19)7-10)22-9-16(21)20-13-4-5-14(18)11(2)8-13/h4-8H,9H2,1-3H3,(H,20,21). The number of hydrogen-bond acceptors (Lipinski definition) is 2. The molecule has 0 aliphatic carbocycles. The molecule has 5 heteroatoms. The van der Waals surface area contributed by atoms with Crippen LogP contribution in [0.5, 0.6) is 5.75 Å². The van der Waals surface area contributed by atoms with E-state index in [0.29, 0.717) is 5.75 Å². The number of halogens is 2. The fraction of sp³-hybridized carbons (Fsp3) is 0.235. The minimum atomic E-state index is -0.186. The minimum absolute atomic E-state index is 0.0301. The summed E-state index contributed by atoms with van der Waals surface area (Å²) in [6.45, 7) is 5.92. The fourth-order valence-corrected chi connectivity index (χ4v) is 3.18. The maximum absolute atomic E-state index is 12.0. The quantitative estimate of drug-likeness (QED) is 0.733. The van der Waals surface area contributed by atoms with E-state index >= 15 is 0 Å². The number of ether oxygens (including phenoxy) is 1. The average Bonchev–Trinajstić information content (AvgIpc) is 2.41. The molecule has 116 valence electrons. The Labute approximate surface area is 147 Å². The van der Waals surface area contributed by atoms with E-state index in [1.807, 2.05) is 51.1 Å². The van der Waals surface area contributed by atoms with Crippen LogP contribution in [0.4, 0.5) is 5.69 Å². The third-order valence-corrected chi connectivity index (χ3v) is 4.64. The van der Waals surface area contributed by atoms with Gasteiger partial charge in [-0.3, -0.25) is 4.79 Å². The van der Waals surface area contributed by atoms with Gasteiger partial charge in [0.25, 0.3) is 5.91 Å². The summed E-state index contributed by atoms with van der Waals surface area (Å²) in [4.78, 5) is 12.0. The van der Waals surface area contributed by atoms with Gasteiger partial charge in [-0.25, -0.2) is 0 Å². The van der Waals surface area contributed by atoms with E-state index < -0.39 is 0 Å². The molecule has 2 rings (SSSR count). The lowest BCUT2D eigenvalue weighted by molar-refractivity contribution is -0.118. The summed E-state index contributed by atoms with van der Waals surface area (Å²) in [5.74, 6) is 0.515.